The van der Waals surface area contributed by atoms with Crippen LogP contribution in [0.15, 0.2) is 30.0 Å². The van der Waals surface area contributed by atoms with Gasteiger partial charge >= 0.3 is 0 Å². The van der Waals surface area contributed by atoms with Gasteiger partial charge in [-0.15, -0.1) is 0 Å². The molecule has 3 heterocycles. The van der Waals surface area contributed by atoms with E-state index in [2.05, 4.69) is 4.74 Å². The monoisotopic (exact) mass is 613 g/mol. The van der Waals surface area contributed by atoms with Gasteiger partial charge in [0.25, 0.3) is 11.9 Å². The molecule has 2 saturated heterocycles. The van der Waals surface area contributed by atoms with E-state index in [-0.39, 0.29) is 28.4 Å². The Morgan fingerprint density at radius 2 is 1.35 bits per heavy atom. The average molecular weight is 614 g/mol. The lowest BCUT2D eigenvalue weighted by Crippen LogP contribution is -2.61. The van der Waals surface area contributed by atoms with Crippen molar-refractivity contribution >= 4 is 6.08 Å². The van der Waals surface area contributed by atoms with Crippen molar-refractivity contribution in [1.82, 2.24) is 0 Å². The van der Waals surface area contributed by atoms with Crippen LogP contribution in [0.5, 0.6) is 34.5 Å². The molecule has 2 aromatic carbocycles. The van der Waals surface area contributed by atoms with Gasteiger partial charge in [0.15, 0.2) is 29.3 Å². The molecule has 2 aromatic rings. The second-order valence-electron chi connectivity index (χ2n) is 10.5. The second kappa shape index (κ2) is 11.8. The molecule has 0 amide bonds. The zero-order valence-electron chi connectivity index (χ0n) is 22.4. The fraction of sp³-hybridized carbons (Fsp3) is 0.481. The summed E-state index contributed by atoms with van der Waals surface area (Å²) in [5.41, 5.74) is 0.150. The van der Waals surface area contributed by atoms with Crippen LogP contribution in [0.3, 0.4) is 0 Å². The Balaban J connectivity index is 1.41. The molecule has 3 aliphatic heterocycles. The third kappa shape index (κ3) is 5.84. The molecular formula is C27H33O16+. The number of ether oxygens (including phenoxy) is 5. The van der Waals surface area contributed by atoms with Crippen LogP contribution in [0.1, 0.15) is 24.2 Å². The lowest BCUT2D eigenvalue weighted by Gasteiger charge is -2.42. The Morgan fingerprint density at radius 1 is 0.721 bits per heavy atom. The molecule has 0 spiro atoms. The van der Waals surface area contributed by atoms with Crippen LogP contribution in [0.4, 0.5) is 0 Å². The van der Waals surface area contributed by atoms with Crippen molar-refractivity contribution < 1.29 is 79.9 Å². The summed E-state index contributed by atoms with van der Waals surface area (Å²) < 4.78 is 26.8. The highest BCUT2D eigenvalue weighted by Crippen LogP contribution is 2.47. The van der Waals surface area contributed by atoms with Crippen molar-refractivity contribution in [2.45, 2.75) is 74.4 Å². The maximum Gasteiger partial charge on any atom is 0.270 e. The van der Waals surface area contributed by atoms with Crippen molar-refractivity contribution in [3.8, 4) is 34.5 Å². The second-order valence-corrected chi connectivity index (χ2v) is 10.5. The van der Waals surface area contributed by atoms with Gasteiger partial charge in [0.1, 0.15) is 59.8 Å². The summed E-state index contributed by atoms with van der Waals surface area (Å²) in [6.45, 7) is 0.897. The Morgan fingerprint density at radius 3 is 2.02 bits per heavy atom. The minimum absolute atomic E-state index is 0.0663. The summed E-state index contributed by atoms with van der Waals surface area (Å²) in [4.78, 5) is 0. The Kier molecular flexibility index (Phi) is 8.50. The molecule has 0 saturated carbocycles. The largest absolute Gasteiger partial charge is 0.571 e. The number of aliphatic hydroxyl groups excluding tert-OH is 6. The highest BCUT2D eigenvalue weighted by molar-refractivity contribution is 5.69. The molecule has 3 aliphatic rings. The smallest absolute Gasteiger partial charge is 0.270 e. The third-order valence-corrected chi connectivity index (χ3v) is 7.51. The molecule has 5 rings (SSSR count). The van der Waals surface area contributed by atoms with E-state index in [0.29, 0.717) is 0 Å². The van der Waals surface area contributed by atoms with Crippen molar-refractivity contribution in [2.24, 2.45) is 0 Å². The van der Waals surface area contributed by atoms with Gasteiger partial charge in [-0.2, -0.15) is 0 Å². The number of benzene rings is 2. The highest BCUT2D eigenvalue weighted by Gasteiger charge is 2.48. The summed E-state index contributed by atoms with van der Waals surface area (Å²) in [7, 11) is 0. The van der Waals surface area contributed by atoms with E-state index >= 15 is 0 Å². The summed E-state index contributed by atoms with van der Waals surface area (Å²) >= 11 is 0. The first-order valence-electron chi connectivity index (χ1n) is 13.2. The highest BCUT2D eigenvalue weighted by atomic mass is 16.7. The van der Waals surface area contributed by atoms with Crippen molar-refractivity contribution in [1.29, 1.82) is 0 Å². The minimum Gasteiger partial charge on any atom is -0.571 e. The molecule has 43 heavy (non-hydrogen) atoms. The molecule has 0 aliphatic carbocycles. The van der Waals surface area contributed by atoms with E-state index in [0.717, 1.165) is 18.2 Å². The molecule has 16 heteroatoms. The summed E-state index contributed by atoms with van der Waals surface area (Å²) in [6.07, 6.45) is -15.4. The van der Waals surface area contributed by atoms with Crippen LogP contribution in [-0.4, -0.2) is 129 Å². The normalized spacial score (nSPS) is 35.9. The molecule has 1 unspecified atom stereocenters. The lowest BCUT2D eigenvalue weighted by atomic mass is 9.98. The quantitative estimate of drug-likeness (QED) is 0.127. The van der Waals surface area contributed by atoms with Gasteiger partial charge in [-0.3, -0.25) is 0 Å². The number of hydrogen-bond donors (Lipinski definition) is 11. The summed E-state index contributed by atoms with van der Waals surface area (Å²) in [6, 6.07) is 4.42. The van der Waals surface area contributed by atoms with Gasteiger partial charge in [-0.05, 0) is 19.1 Å². The predicted molar refractivity (Wildman–Crippen MR) is 140 cm³/mol. The Labute approximate surface area is 243 Å². The van der Waals surface area contributed by atoms with Crippen LogP contribution < -0.4 is 0 Å². The fourth-order valence-electron chi connectivity index (χ4n) is 5.03. The Hall–Kier alpha value is -3.58. The molecule has 11 atom stereocenters. The number of fused-ring (bicyclic) bond motifs is 1. The number of aromatic hydroxyl groups is 6. The van der Waals surface area contributed by atoms with Gasteiger partial charge < -0.3 is 79.9 Å². The zero-order chi connectivity index (χ0) is 31.3. The fourth-order valence-corrected chi connectivity index (χ4v) is 5.03. The van der Waals surface area contributed by atoms with E-state index in [1.165, 1.54) is 19.1 Å². The van der Waals surface area contributed by atoms with Gasteiger partial charge in [-0.1, -0.05) is 0 Å². The van der Waals surface area contributed by atoms with Crippen LogP contribution in [-0.2, 0) is 18.9 Å². The number of rotatable bonds is 6. The molecule has 2 fully saturated rings. The van der Waals surface area contributed by atoms with Crippen molar-refractivity contribution in [3.63, 3.8) is 0 Å². The zero-order valence-corrected chi connectivity index (χ0v) is 22.4. The van der Waals surface area contributed by atoms with Crippen LogP contribution >= 0.6 is 0 Å². The van der Waals surface area contributed by atoms with E-state index in [9.17, 15) is 56.2 Å². The molecule has 0 bridgehead atoms. The summed E-state index contributed by atoms with van der Waals surface area (Å²) in [5, 5.41) is 112. The number of hydrogen-bond acceptors (Lipinski definition) is 15. The number of phenols is 5. The molecule has 236 valence electrons. The molecule has 0 radical (unpaired) electrons. The van der Waals surface area contributed by atoms with Gasteiger partial charge in [0.2, 0.25) is 6.29 Å². The van der Waals surface area contributed by atoms with Crippen LogP contribution in [0.25, 0.3) is 6.08 Å². The third-order valence-electron chi connectivity index (χ3n) is 7.51. The van der Waals surface area contributed by atoms with Crippen LogP contribution in [0, 0.1) is 0 Å². The topological polar surface area (TPSA) is 272 Å². The lowest BCUT2D eigenvalue weighted by molar-refractivity contribution is -0.325. The van der Waals surface area contributed by atoms with Crippen LogP contribution in [0.2, 0.25) is 0 Å². The maximum absolute atomic E-state index is 10.7. The maximum atomic E-state index is 10.7. The molecule has 16 nitrogen and oxygen atoms in total. The molecular weight excluding hydrogens is 580 g/mol. The van der Waals surface area contributed by atoms with Gasteiger partial charge in [-0.25, -0.2) is 0 Å². The molecule has 12 N–H and O–H groups in total. The predicted octanol–water partition coefficient (Wildman–Crippen LogP) is -1.78. The van der Waals surface area contributed by atoms with Gasteiger partial charge in [0, 0.05) is 12.1 Å². The average Bonchev–Trinajstić information content (AvgIpc) is 2.96. The number of aliphatic hydroxyl groups is 7. The van der Waals surface area contributed by atoms with E-state index in [4.69, 9.17) is 18.9 Å². The first-order valence-corrected chi connectivity index (χ1v) is 13.2. The number of phenolic OH excluding ortho intramolecular Hbond substituents is 5. The SMILES string of the molecule is C[C@@H]1O[C@@H](OC[C@H]2O[C@@H](OC3=Cc4c(O)cc(O)cc4[OH+]C3c3cc(O)c(O)c(O)c3)[C@H](O)[C@@H](O)[C@@H]2O)[C@H](O)[C@H](O)[C@H]1O. The van der Waals surface area contributed by atoms with E-state index in [1.807, 2.05) is 0 Å². The molecule has 0 aromatic heterocycles. The minimum atomic E-state index is -1.85. The Bertz CT molecular complexity index is 1340. The van der Waals surface area contributed by atoms with Crippen molar-refractivity contribution in [2.75, 3.05) is 6.61 Å². The first-order chi connectivity index (χ1) is 20.3. The van der Waals surface area contributed by atoms with Crippen molar-refractivity contribution in [3.05, 3.63) is 41.2 Å². The first kappa shape index (κ1) is 30.9. The standard InChI is InChI=1S/C27H32O16/c1-8-18(32)21(35)23(37)26(40-8)39-7-17-20(34)22(36)24(38)27(43-17)42-16-6-11-12(29)4-10(28)5-15(11)41-25(16)9-2-13(30)19(33)14(31)3-9/h2-6,8,17-18,20-38H,7H2,1H3/p+1/t8-,17+,18-,20+,21+,22-,23+,24+,25?,26+,27+/m0/s1. The van der Waals surface area contributed by atoms with E-state index < -0.39 is 97.1 Å². The summed E-state index contributed by atoms with van der Waals surface area (Å²) in [5.74, 6) is -2.97. The van der Waals surface area contributed by atoms with E-state index in [1.54, 1.807) is 0 Å². The van der Waals surface area contributed by atoms with Gasteiger partial charge in [0.05, 0.1) is 24.3 Å².